The van der Waals surface area contributed by atoms with Crippen molar-refractivity contribution in [2.75, 3.05) is 11.1 Å². The van der Waals surface area contributed by atoms with Crippen molar-refractivity contribution in [2.24, 2.45) is 0 Å². The summed E-state index contributed by atoms with van der Waals surface area (Å²) in [5.74, 6) is 1.75. The van der Waals surface area contributed by atoms with Gasteiger partial charge in [-0.15, -0.1) is 0 Å². The first kappa shape index (κ1) is 18.9. The summed E-state index contributed by atoms with van der Waals surface area (Å²) >= 11 is 1.54. The van der Waals surface area contributed by atoms with Crippen molar-refractivity contribution in [2.45, 2.75) is 24.3 Å². The molecule has 0 atom stereocenters. The van der Waals surface area contributed by atoms with E-state index in [4.69, 9.17) is 10.7 Å². The second kappa shape index (κ2) is 8.74. The Kier molecular flexibility index (Phi) is 5.71. The fraction of sp³-hybridized carbons (Fsp3) is 0.143. The van der Waals surface area contributed by atoms with E-state index in [1.807, 2.05) is 55.5 Å². The Bertz CT molecular complexity index is 1080. The lowest BCUT2D eigenvalue weighted by atomic mass is 10.1. The third-order valence-corrected chi connectivity index (χ3v) is 5.11. The van der Waals surface area contributed by atoms with Crippen LogP contribution in [0.5, 0.6) is 0 Å². The number of thioether (sulfide) groups is 1. The number of anilines is 3. The second-order valence-electron chi connectivity index (χ2n) is 6.49. The minimum Gasteiger partial charge on any atom is -0.368 e. The normalized spacial score (nSPS) is 10.8. The van der Waals surface area contributed by atoms with Crippen LogP contribution in [0.1, 0.15) is 22.8 Å². The van der Waals surface area contributed by atoms with Crippen molar-refractivity contribution in [3.63, 3.8) is 0 Å². The van der Waals surface area contributed by atoms with Gasteiger partial charge in [-0.3, -0.25) is 0 Å². The summed E-state index contributed by atoms with van der Waals surface area (Å²) in [6.07, 6.45) is 0.799. The van der Waals surface area contributed by atoms with Gasteiger partial charge in [0, 0.05) is 17.8 Å². The molecular formula is C21H21N7S. The van der Waals surface area contributed by atoms with Crippen molar-refractivity contribution in [3.8, 4) is 0 Å². The molecule has 4 aromatic rings. The number of rotatable bonds is 7. The Labute approximate surface area is 173 Å². The zero-order valence-electron chi connectivity index (χ0n) is 16.0. The Morgan fingerprint density at radius 1 is 0.931 bits per heavy atom. The summed E-state index contributed by atoms with van der Waals surface area (Å²) < 4.78 is 0. The number of aromatic nitrogens is 5. The zero-order chi connectivity index (χ0) is 20.1. The molecule has 2 aromatic heterocycles. The molecule has 0 amide bonds. The van der Waals surface area contributed by atoms with Gasteiger partial charge in [0.25, 0.3) is 0 Å². The van der Waals surface area contributed by atoms with E-state index in [1.165, 1.54) is 5.56 Å². The highest BCUT2D eigenvalue weighted by Crippen LogP contribution is 2.22. The van der Waals surface area contributed by atoms with Gasteiger partial charge in [0.2, 0.25) is 11.9 Å². The number of imidazole rings is 1. The maximum absolute atomic E-state index is 5.86. The van der Waals surface area contributed by atoms with Crippen LogP contribution in [-0.4, -0.2) is 24.9 Å². The summed E-state index contributed by atoms with van der Waals surface area (Å²) in [6.45, 7) is 2.04. The predicted molar refractivity (Wildman–Crippen MR) is 116 cm³/mol. The maximum Gasteiger partial charge on any atom is 0.232 e. The second-order valence-corrected chi connectivity index (χ2v) is 7.45. The van der Waals surface area contributed by atoms with Gasteiger partial charge in [-0.05, 0) is 24.6 Å². The molecule has 146 valence electrons. The molecule has 2 heterocycles. The lowest BCUT2D eigenvalue weighted by Crippen LogP contribution is -2.06. The molecule has 29 heavy (non-hydrogen) atoms. The van der Waals surface area contributed by atoms with E-state index < -0.39 is 0 Å². The highest BCUT2D eigenvalue weighted by Gasteiger charge is 2.11. The summed E-state index contributed by atoms with van der Waals surface area (Å²) in [7, 11) is 0. The first-order chi connectivity index (χ1) is 14.2. The van der Waals surface area contributed by atoms with E-state index in [1.54, 1.807) is 11.8 Å². The molecule has 0 spiro atoms. The highest BCUT2D eigenvalue weighted by atomic mass is 32.2. The molecule has 0 unspecified atom stereocenters. The number of nitrogens with one attached hydrogen (secondary N) is 2. The monoisotopic (exact) mass is 403 g/mol. The van der Waals surface area contributed by atoms with Crippen molar-refractivity contribution in [3.05, 3.63) is 83.4 Å². The lowest BCUT2D eigenvalue weighted by Gasteiger charge is -2.06. The average molecular weight is 404 g/mol. The number of nitrogens with zero attached hydrogens (tertiary/aromatic N) is 4. The van der Waals surface area contributed by atoms with Crippen molar-refractivity contribution in [1.29, 1.82) is 0 Å². The molecule has 4 rings (SSSR count). The van der Waals surface area contributed by atoms with E-state index in [-0.39, 0.29) is 5.95 Å². The molecule has 7 nitrogen and oxygen atoms in total. The molecule has 2 aromatic carbocycles. The fourth-order valence-electron chi connectivity index (χ4n) is 2.84. The van der Waals surface area contributed by atoms with Gasteiger partial charge in [-0.1, -0.05) is 60.3 Å². The van der Waals surface area contributed by atoms with Gasteiger partial charge in [-0.25, -0.2) is 4.98 Å². The summed E-state index contributed by atoms with van der Waals surface area (Å²) in [5.41, 5.74) is 10.1. The van der Waals surface area contributed by atoms with Gasteiger partial charge >= 0.3 is 0 Å². The van der Waals surface area contributed by atoms with Gasteiger partial charge < -0.3 is 16.0 Å². The number of para-hydroxylation sites is 1. The summed E-state index contributed by atoms with van der Waals surface area (Å²) in [5, 5.41) is 3.99. The van der Waals surface area contributed by atoms with Crippen molar-refractivity contribution < 1.29 is 0 Å². The lowest BCUT2D eigenvalue weighted by molar-refractivity contribution is 0.969. The Hall–Kier alpha value is -3.39. The Balaban J connectivity index is 1.43. The average Bonchev–Trinajstić information content (AvgIpc) is 3.07. The van der Waals surface area contributed by atoms with Crippen LogP contribution < -0.4 is 11.1 Å². The zero-order valence-corrected chi connectivity index (χ0v) is 16.8. The Morgan fingerprint density at radius 2 is 1.66 bits per heavy atom. The van der Waals surface area contributed by atoms with Crippen LogP contribution in [0.15, 0.2) is 65.8 Å². The maximum atomic E-state index is 5.86. The number of benzene rings is 2. The minimum atomic E-state index is 0.189. The number of hydrogen-bond acceptors (Lipinski definition) is 7. The summed E-state index contributed by atoms with van der Waals surface area (Å²) in [4.78, 5) is 20.9. The third-order valence-electron chi connectivity index (χ3n) is 4.25. The Morgan fingerprint density at radius 3 is 2.41 bits per heavy atom. The molecule has 0 fully saturated rings. The van der Waals surface area contributed by atoms with Crippen molar-refractivity contribution >= 4 is 29.3 Å². The van der Waals surface area contributed by atoms with Crippen LogP contribution in [0.4, 0.5) is 17.6 Å². The highest BCUT2D eigenvalue weighted by molar-refractivity contribution is 7.98. The fourth-order valence-corrected chi connectivity index (χ4v) is 3.63. The minimum absolute atomic E-state index is 0.189. The number of aromatic amines is 1. The van der Waals surface area contributed by atoms with Gasteiger partial charge in [-0.2, -0.15) is 15.0 Å². The van der Waals surface area contributed by atoms with Gasteiger partial charge in [0.15, 0.2) is 5.16 Å². The number of hydrogen-bond donors (Lipinski definition) is 3. The first-order valence-corrected chi connectivity index (χ1v) is 10.2. The molecule has 0 saturated carbocycles. The predicted octanol–water partition coefficient (Wildman–Crippen LogP) is 4.11. The first-order valence-electron chi connectivity index (χ1n) is 9.20. The third kappa shape index (κ3) is 5.11. The summed E-state index contributed by atoms with van der Waals surface area (Å²) in [6, 6.07) is 20.0. The molecule has 0 aliphatic heterocycles. The van der Waals surface area contributed by atoms with Crippen molar-refractivity contribution in [1.82, 2.24) is 24.9 Å². The van der Waals surface area contributed by atoms with E-state index in [0.29, 0.717) is 17.5 Å². The SMILES string of the molecule is Cc1[nH]c(SCc2nc(N)nc(Nc3ccccc3)n2)nc1Cc1ccccc1. The van der Waals surface area contributed by atoms with Crippen LogP contribution in [0, 0.1) is 6.92 Å². The molecule has 0 aliphatic carbocycles. The molecule has 0 radical (unpaired) electrons. The van der Waals surface area contributed by atoms with Gasteiger partial charge in [0.1, 0.15) is 5.82 Å². The van der Waals surface area contributed by atoms with E-state index in [0.717, 1.165) is 28.7 Å². The number of H-pyrrole nitrogens is 1. The van der Waals surface area contributed by atoms with E-state index in [9.17, 15) is 0 Å². The topological polar surface area (TPSA) is 105 Å². The molecular weight excluding hydrogens is 382 g/mol. The molecule has 0 bridgehead atoms. The number of nitrogen functional groups attached to an aromatic ring is 1. The van der Waals surface area contributed by atoms with Crippen LogP contribution in [0.25, 0.3) is 0 Å². The van der Waals surface area contributed by atoms with E-state index in [2.05, 4.69) is 37.4 Å². The number of nitrogens with two attached hydrogens (primary N) is 1. The van der Waals surface area contributed by atoms with Crippen LogP contribution >= 0.6 is 11.8 Å². The van der Waals surface area contributed by atoms with Crippen LogP contribution in [-0.2, 0) is 12.2 Å². The largest absolute Gasteiger partial charge is 0.368 e. The molecule has 4 N–H and O–H groups in total. The van der Waals surface area contributed by atoms with Crippen LogP contribution in [0.2, 0.25) is 0 Å². The number of aryl methyl sites for hydroxylation is 1. The molecule has 8 heteroatoms. The molecule has 0 saturated heterocycles. The standard InChI is InChI=1S/C21H21N7S/c1-14-17(12-15-8-4-2-5-9-15)25-21(23-14)29-13-18-26-19(22)28-20(27-18)24-16-10-6-3-7-11-16/h2-11H,12-13H2,1H3,(H,23,25)(H3,22,24,26,27,28). The van der Waals surface area contributed by atoms with Gasteiger partial charge in [0.05, 0.1) is 11.4 Å². The smallest absolute Gasteiger partial charge is 0.232 e. The quantitative estimate of drug-likeness (QED) is 0.399. The van der Waals surface area contributed by atoms with E-state index >= 15 is 0 Å². The van der Waals surface area contributed by atoms with Crippen LogP contribution in [0.3, 0.4) is 0 Å². The molecule has 0 aliphatic rings.